The predicted octanol–water partition coefficient (Wildman–Crippen LogP) is 2.92. The number of alkyl halides is 3. The van der Waals surface area contributed by atoms with E-state index in [9.17, 15) is 22.8 Å². The molecule has 3 N–H and O–H groups in total. The second-order valence-corrected chi connectivity index (χ2v) is 7.61. The number of aliphatic carboxylic acids is 2. The molecular formula is C16H20F3NO7S2. The molecule has 0 heterocycles. The molecule has 0 aliphatic carbocycles. The summed E-state index contributed by atoms with van der Waals surface area (Å²) in [5.41, 5.74) is 0.451. The summed E-state index contributed by atoms with van der Waals surface area (Å²) in [6, 6.07) is 5.01. The van der Waals surface area contributed by atoms with Gasteiger partial charge in [-0.3, -0.25) is 9.59 Å². The largest absolute Gasteiger partial charge is 0.497 e. The minimum atomic E-state index is -5.08. The molecule has 1 amide bonds. The van der Waals surface area contributed by atoms with E-state index in [1.165, 1.54) is 28.7 Å². The molecular weight excluding hydrogens is 439 g/mol. The van der Waals surface area contributed by atoms with E-state index in [2.05, 4.69) is 5.32 Å². The number of hydrogen-bond acceptors (Lipinski definition) is 7. The number of nitrogens with one attached hydrogen (secondary N) is 1. The van der Waals surface area contributed by atoms with E-state index in [-0.39, 0.29) is 12.3 Å². The van der Waals surface area contributed by atoms with Gasteiger partial charge in [-0.05, 0) is 12.1 Å². The summed E-state index contributed by atoms with van der Waals surface area (Å²) in [4.78, 5) is 31.3. The Morgan fingerprint density at radius 3 is 2.14 bits per heavy atom. The number of carboxylic acids is 2. The quantitative estimate of drug-likeness (QED) is 0.358. The standard InChI is InChI=1S/C14H19NO5S2.C2HF3O2/c1-19-10-3-4-11(12(9-10)20-2)14(18)15-6-8-22-21-7-5-13(16)17;3-2(4,5)1(6)7/h3-4,9H,5-8H2,1-2H3,(H,15,18)(H,16,17);(H,6,7). The summed E-state index contributed by atoms with van der Waals surface area (Å²) in [7, 11) is 6.07. The summed E-state index contributed by atoms with van der Waals surface area (Å²) in [5.74, 6) is -1.43. The van der Waals surface area contributed by atoms with Crippen LogP contribution >= 0.6 is 21.6 Å². The molecule has 0 bridgehead atoms. The van der Waals surface area contributed by atoms with E-state index in [0.717, 1.165) is 0 Å². The maximum Gasteiger partial charge on any atom is 0.490 e. The third-order valence-electron chi connectivity index (χ3n) is 2.85. The Bertz CT molecular complexity index is 687. The molecule has 0 aliphatic heterocycles. The van der Waals surface area contributed by atoms with E-state index in [1.54, 1.807) is 25.3 Å². The molecule has 0 atom stereocenters. The second-order valence-electron chi connectivity index (χ2n) is 4.91. The van der Waals surface area contributed by atoms with Gasteiger partial charge in [0.15, 0.2) is 0 Å². The van der Waals surface area contributed by atoms with Crippen LogP contribution in [0.15, 0.2) is 18.2 Å². The van der Waals surface area contributed by atoms with Gasteiger partial charge in [-0.15, -0.1) is 0 Å². The van der Waals surface area contributed by atoms with Crippen molar-refractivity contribution in [1.29, 1.82) is 0 Å². The Morgan fingerprint density at radius 1 is 1.07 bits per heavy atom. The first kappa shape index (κ1) is 26.7. The molecule has 1 rings (SSSR count). The van der Waals surface area contributed by atoms with Gasteiger partial charge in [-0.25, -0.2) is 4.79 Å². The number of hydrogen-bond donors (Lipinski definition) is 3. The number of carbonyl (C=O) groups excluding carboxylic acids is 1. The van der Waals surface area contributed by atoms with Gasteiger partial charge in [0.25, 0.3) is 5.91 Å². The number of ether oxygens (including phenoxy) is 2. The molecule has 0 unspecified atom stereocenters. The van der Waals surface area contributed by atoms with Crippen LogP contribution in [0.5, 0.6) is 11.5 Å². The number of carboxylic acid groups (broad SMARTS) is 2. The van der Waals surface area contributed by atoms with E-state index in [0.29, 0.717) is 35.1 Å². The van der Waals surface area contributed by atoms with Crippen LogP contribution in [0.4, 0.5) is 13.2 Å². The Kier molecular flexibility index (Phi) is 12.7. The minimum Gasteiger partial charge on any atom is -0.497 e. The summed E-state index contributed by atoms with van der Waals surface area (Å²) in [6.07, 6.45) is -4.94. The van der Waals surface area contributed by atoms with Crippen LogP contribution in [0.1, 0.15) is 16.8 Å². The molecule has 29 heavy (non-hydrogen) atoms. The summed E-state index contributed by atoms with van der Waals surface area (Å²) in [5, 5.41) is 18.4. The van der Waals surface area contributed by atoms with Crippen LogP contribution in [-0.2, 0) is 9.59 Å². The lowest BCUT2D eigenvalue weighted by atomic mass is 10.2. The van der Waals surface area contributed by atoms with Gasteiger partial charge in [0.05, 0.1) is 26.2 Å². The van der Waals surface area contributed by atoms with Gasteiger partial charge in [0, 0.05) is 24.1 Å². The van der Waals surface area contributed by atoms with Crippen molar-refractivity contribution in [2.45, 2.75) is 12.6 Å². The molecule has 0 aromatic heterocycles. The lowest BCUT2D eigenvalue weighted by Gasteiger charge is -2.10. The normalized spacial score (nSPS) is 10.4. The van der Waals surface area contributed by atoms with Crippen LogP contribution in [0.3, 0.4) is 0 Å². The maximum absolute atomic E-state index is 12.1. The average Bonchev–Trinajstić information content (AvgIpc) is 2.65. The number of benzene rings is 1. The van der Waals surface area contributed by atoms with Crippen molar-refractivity contribution in [3.8, 4) is 11.5 Å². The van der Waals surface area contributed by atoms with Crippen molar-refractivity contribution in [3.63, 3.8) is 0 Å². The highest BCUT2D eigenvalue weighted by molar-refractivity contribution is 8.76. The smallest absolute Gasteiger partial charge is 0.490 e. The van der Waals surface area contributed by atoms with Crippen molar-refractivity contribution < 1.29 is 47.2 Å². The summed E-state index contributed by atoms with van der Waals surface area (Å²) < 4.78 is 42.0. The number of halogens is 3. The highest BCUT2D eigenvalue weighted by Gasteiger charge is 2.38. The number of carbonyl (C=O) groups is 3. The van der Waals surface area contributed by atoms with Crippen LogP contribution < -0.4 is 14.8 Å². The first-order valence-electron chi connectivity index (χ1n) is 7.79. The van der Waals surface area contributed by atoms with Gasteiger partial charge in [-0.2, -0.15) is 13.2 Å². The monoisotopic (exact) mass is 459 g/mol. The second kappa shape index (κ2) is 13.8. The van der Waals surface area contributed by atoms with E-state index in [1.807, 2.05) is 0 Å². The zero-order valence-electron chi connectivity index (χ0n) is 15.4. The number of amides is 1. The molecule has 0 fully saturated rings. The molecule has 13 heteroatoms. The lowest BCUT2D eigenvalue weighted by Crippen LogP contribution is -2.26. The molecule has 164 valence electrons. The van der Waals surface area contributed by atoms with Crippen molar-refractivity contribution in [1.82, 2.24) is 5.32 Å². The van der Waals surface area contributed by atoms with Gasteiger partial charge >= 0.3 is 18.1 Å². The zero-order chi connectivity index (χ0) is 22.4. The first-order valence-corrected chi connectivity index (χ1v) is 10.3. The van der Waals surface area contributed by atoms with Crippen LogP contribution in [0, 0.1) is 0 Å². The Morgan fingerprint density at radius 2 is 1.66 bits per heavy atom. The van der Waals surface area contributed by atoms with E-state index in [4.69, 9.17) is 24.5 Å². The molecule has 1 aromatic rings. The van der Waals surface area contributed by atoms with Crippen molar-refractivity contribution in [3.05, 3.63) is 23.8 Å². The van der Waals surface area contributed by atoms with E-state index >= 15 is 0 Å². The first-order chi connectivity index (χ1) is 13.5. The molecule has 0 radical (unpaired) electrons. The fourth-order valence-electron chi connectivity index (χ4n) is 1.53. The molecule has 1 aromatic carbocycles. The highest BCUT2D eigenvalue weighted by atomic mass is 33.1. The molecule has 0 aliphatic rings. The Balaban J connectivity index is 0.000000956. The minimum absolute atomic E-state index is 0.146. The third kappa shape index (κ3) is 12.0. The van der Waals surface area contributed by atoms with Crippen molar-refractivity contribution in [2.24, 2.45) is 0 Å². The van der Waals surface area contributed by atoms with Gasteiger partial charge in [0.1, 0.15) is 11.5 Å². The third-order valence-corrected chi connectivity index (χ3v) is 5.26. The topological polar surface area (TPSA) is 122 Å². The summed E-state index contributed by atoms with van der Waals surface area (Å²) in [6.45, 7) is 0.499. The van der Waals surface area contributed by atoms with Gasteiger partial charge < -0.3 is 25.0 Å². The Hall–Kier alpha value is -2.28. The van der Waals surface area contributed by atoms with Crippen LogP contribution in [0.2, 0.25) is 0 Å². The van der Waals surface area contributed by atoms with Crippen LogP contribution in [0.25, 0.3) is 0 Å². The highest BCUT2D eigenvalue weighted by Crippen LogP contribution is 2.25. The predicted molar refractivity (Wildman–Crippen MR) is 103 cm³/mol. The molecule has 0 spiro atoms. The van der Waals surface area contributed by atoms with Gasteiger partial charge in [0.2, 0.25) is 0 Å². The fourth-order valence-corrected chi connectivity index (χ4v) is 3.42. The number of methoxy groups -OCH3 is 2. The van der Waals surface area contributed by atoms with Crippen LogP contribution in [-0.4, -0.2) is 66.5 Å². The number of rotatable bonds is 10. The van der Waals surface area contributed by atoms with Gasteiger partial charge in [-0.1, -0.05) is 21.6 Å². The molecule has 8 nitrogen and oxygen atoms in total. The zero-order valence-corrected chi connectivity index (χ0v) is 17.1. The van der Waals surface area contributed by atoms with E-state index < -0.39 is 18.1 Å². The maximum atomic E-state index is 12.1. The summed E-state index contributed by atoms with van der Waals surface area (Å²) >= 11 is 0. The fraction of sp³-hybridized carbons (Fsp3) is 0.438. The molecule has 0 saturated carbocycles. The lowest BCUT2D eigenvalue weighted by molar-refractivity contribution is -0.192. The van der Waals surface area contributed by atoms with Crippen molar-refractivity contribution >= 4 is 39.4 Å². The van der Waals surface area contributed by atoms with Crippen molar-refractivity contribution in [2.75, 3.05) is 32.3 Å². The average molecular weight is 459 g/mol. The SMILES string of the molecule is COc1ccc(C(=O)NCCSSCCC(=O)O)c(OC)c1.O=C(O)C(F)(F)F. The molecule has 0 saturated heterocycles. The Labute approximate surface area is 172 Å².